The van der Waals surface area contributed by atoms with Gasteiger partial charge in [-0.05, 0) is 37.0 Å². The van der Waals surface area contributed by atoms with Crippen molar-refractivity contribution in [2.75, 3.05) is 14.2 Å². The Labute approximate surface area is 129 Å². The topological polar surface area (TPSA) is 18.5 Å². The highest BCUT2D eigenvalue weighted by atomic mass is 16.5. The number of hydrogen-bond donors (Lipinski definition) is 0. The Hall–Kier alpha value is -1.44. The van der Waals surface area contributed by atoms with Gasteiger partial charge in [0.2, 0.25) is 0 Å². The van der Waals surface area contributed by atoms with Crippen molar-refractivity contribution in [1.82, 2.24) is 0 Å². The molecule has 1 fully saturated rings. The van der Waals surface area contributed by atoms with Crippen LogP contribution in [0.4, 0.5) is 0 Å². The van der Waals surface area contributed by atoms with E-state index in [1.807, 2.05) is 6.07 Å². The van der Waals surface area contributed by atoms with Crippen LogP contribution in [-0.2, 0) is 5.41 Å². The molecule has 2 heteroatoms. The Kier molecular flexibility index (Phi) is 5.72. The monoisotopic (exact) mass is 288 g/mol. The molecule has 0 aromatic heterocycles. The van der Waals surface area contributed by atoms with Gasteiger partial charge in [-0.15, -0.1) is 0 Å². The van der Waals surface area contributed by atoms with Gasteiger partial charge < -0.3 is 9.47 Å². The highest BCUT2D eigenvalue weighted by Crippen LogP contribution is 2.44. The van der Waals surface area contributed by atoms with E-state index in [0.29, 0.717) is 0 Å². The molecule has 2 nitrogen and oxygen atoms in total. The molecule has 116 valence electrons. The predicted molar refractivity (Wildman–Crippen MR) is 88.4 cm³/mol. The van der Waals surface area contributed by atoms with Gasteiger partial charge in [0.25, 0.3) is 0 Å². The maximum Gasteiger partial charge on any atom is 0.122 e. The quantitative estimate of drug-likeness (QED) is 0.503. The molecular formula is C19H28O2. The summed E-state index contributed by atoms with van der Waals surface area (Å²) in [5.41, 5.74) is 1.51. The molecule has 0 bridgehead atoms. The van der Waals surface area contributed by atoms with Crippen LogP contribution in [-0.4, -0.2) is 14.2 Å². The predicted octanol–water partition coefficient (Wildman–Crippen LogP) is 5.26. The molecule has 21 heavy (non-hydrogen) atoms. The normalized spacial score (nSPS) is 17.3. The first-order valence-electron chi connectivity index (χ1n) is 8.15. The van der Waals surface area contributed by atoms with Crippen LogP contribution in [0.25, 0.3) is 0 Å². The minimum absolute atomic E-state index is 0.176. The van der Waals surface area contributed by atoms with Crippen LogP contribution in [0.5, 0.6) is 11.5 Å². The van der Waals surface area contributed by atoms with Gasteiger partial charge in [-0.2, -0.15) is 0 Å². The molecule has 1 aromatic carbocycles. The Balaban J connectivity index is 2.31. The van der Waals surface area contributed by atoms with E-state index in [2.05, 4.69) is 31.2 Å². The Morgan fingerprint density at radius 2 is 1.67 bits per heavy atom. The lowest BCUT2D eigenvalue weighted by molar-refractivity contribution is 0.390. The Morgan fingerprint density at radius 1 is 1.05 bits per heavy atom. The fourth-order valence-corrected chi connectivity index (χ4v) is 3.28. The molecule has 0 atom stereocenters. The van der Waals surface area contributed by atoms with Crippen molar-refractivity contribution in [3.8, 4) is 11.5 Å². The van der Waals surface area contributed by atoms with E-state index in [4.69, 9.17) is 9.47 Å². The third kappa shape index (κ3) is 3.81. The van der Waals surface area contributed by atoms with Crippen molar-refractivity contribution in [3.63, 3.8) is 0 Å². The maximum absolute atomic E-state index is 5.44. The lowest BCUT2D eigenvalue weighted by Crippen LogP contribution is -2.19. The van der Waals surface area contributed by atoms with Crippen LogP contribution in [0.1, 0.15) is 57.4 Å². The molecule has 0 spiro atoms. The summed E-state index contributed by atoms with van der Waals surface area (Å²) < 4.78 is 10.9. The molecule has 1 aromatic rings. The van der Waals surface area contributed by atoms with Gasteiger partial charge in [0.15, 0.2) is 0 Å². The Morgan fingerprint density at radius 3 is 2.19 bits per heavy atom. The van der Waals surface area contributed by atoms with E-state index in [-0.39, 0.29) is 5.41 Å². The number of unbranched alkanes of at least 4 members (excludes halogenated alkanes) is 2. The van der Waals surface area contributed by atoms with Crippen LogP contribution < -0.4 is 9.47 Å². The number of ether oxygens (including phenoxy) is 2. The van der Waals surface area contributed by atoms with Gasteiger partial charge >= 0.3 is 0 Å². The molecule has 0 N–H and O–H groups in total. The fourth-order valence-electron chi connectivity index (χ4n) is 3.28. The molecule has 0 unspecified atom stereocenters. The minimum atomic E-state index is 0.176. The fraction of sp³-hybridized carbons (Fsp3) is 0.579. The summed E-state index contributed by atoms with van der Waals surface area (Å²) in [6.07, 6.45) is 13.6. The second kappa shape index (κ2) is 7.53. The lowest BCUT2D eigenvalue weighted by Gasteiger charge is -2.27. The number of methoxy groups -OCH3 is 2. The first kappa shape index (κ1) is 15.9. The van der Waals surface area contributed by atoms with Crippen molar-refractivity contribution in [1.29, 1.82) is 0 Å². The largest absolute Gasteiger partial charge is 0.497 e. The molecule has 2 rings (SSSR count). The zero-order valence-corrected chi connectivity index (χ0v) is 13.7. The number of allylic oxidation sites excluding steroid dienone is 2. The number of benzene rings is 1. The molecule has 0 saturated heterocycles. The third-order valence-corrected chi connectivity index (χ3v) is 4.58. The standard InChI is InChI=1S/C19H28O2/c1-4-5-6-7-10-19(11-8-9-12-19)16-13-17(20-2)15-18(14-16)21-3/h7,10,13-15H,4-6,8-9,11-12H2,1-3H3/b10-7-. The second-order valence-corrected chi connectivity index (χ2v) is 6.01. The first-order valence-corrected chi connectivity index (χ1v) is 8.15. The van der Waals surface area contributed by atoms with E-state index < -0.39 is 0 Å². The molecule has 0 heterocycles. The summed E-state index contributed by atoms with van der Waals surface area (Å²) in [6, 6.07) is 6.31. The van der Waals surface area contributed by atoms with Gasteiger partial charge in [0.1, 0.15) is 11.5 Å². The van der Waals surface area contributed by atoms with Crippen LogP contribution in [0.15, 0.2) is 30.4 Å². The van der Waals surface area contributed by atoms with E-state index in [9.17, 15) is 0 Å². The summed E-state index contributed by atoms with van der Waals surface area (Å²) >= 11 is 0. The summed E-state index contributed by atoms with van der Waals surface area (Å²) in [7, 11) is 3.44. The third-order valence-electron chi connectivity index (χ3n) is 4.58. The molecular weight excluding hydrogens is 260 g/mol. The molecule has 1 saturated carbocycles. The average molecular weight is 288 g/mol. The van der Waals surface area contributed by atoms with Crippen molar-refractivity contribution >= 4 is 0 Å². The number of rotatable bonds is 7. The maximum atomic E-state index is 5.44. The van der Waals surface area contributed by atoms with Crippen molar-refractivity contribution in [3.05, 3.63) is 35.9 Å². The SMILES string of the molecule is CCCC/C=C\C1(c2cc(OC)cc(OC)c2)CCCC1. The van der Waals surface area contributed by atoms with E-state index >= 15 is 0 Å². The van der Waals surface area contributed by atoms with Crippen molar-refractivity contribution < 1.29 is 9.47 Å². The van der Waals surface area contributed by atoms with Gasteiger partial charge in [-0.25, -0.2) is 0 Å². The summed E-state index contributed by atoms with van der Waals surface area (Å²) in [5, 5.41) is 0. The van der Waals surface area contributed by atoms with Crippen LogP contribution >= 0.6 is 0 Å². The van der Waals surface area contributed by atoms with Crippen LogP contribution in [0.3, 0.4) is 0 Å². The van der Waals surface area contributed by atoms with E-state index in [1.165, 1.54) is 50.5 Å². The summed E-state index contributed by atoms with van der Waals surface area (Å²) in [6.45, 7) is 2.24. The average Bonchev–Trinajstić information content (AvgIpc) is 3.01. The second-order valence-electron chi connectivity index (χ2n) is 6.01. The molecule has 1 aliphatic rings. The molecule has 0 radical (unpaired) electrons. The zero-order valence-electron chi connectivity index (χ0n) is 13.7. The van der Waals surface area contributed by atoms with E-state index in [0.717, 1.165) is 11.5 Å². The van der Waals surface area contributed by atoms with Gasteiger partial charge in [-0.3, -0.25) is 0 Å². The smallest absolute Gasteiger partial charge is 0.122 e. The van der Waals surface area contributed by atoms with Gasteiger partial charge in [0, 0.05) is 11.5 Å². The highest BCUT2D eigenvalue weighted by Gasteiger charge is 2.33. The van der Waals surface area contributed by atoms with Gasteiger partial charge in [0.05, 0.1) is 14.2 Å². The highest BCUT2D eigenvalue weighted by molar-refractivity contribution is 5.44. The minimum Gasteiger partial charge on any atom is -0.497 e. The summed E-state index contributed by atoms with van der Waals surface area (Å²) in [4.78, 5) is 0. The molecule has 0 amide bonds. The van der Waals surface area contributed by atoms with Crippen molar-refractivity contribution in [2.45, 2.75) is 57.3 Å². The van der Waals surface area contributed by atoms with E-state index in [1.54, 1.807) is 14.2 Å². The van der Waals surface area contributed by atoms with Crippen LogP contribution in [0.2, 0.25) is 0 Å². The summed E-state index contributed by atoms with van der Waals surface area (Å²) in [5.74, 6) is 1.77. The molecule has 0 aliphatic heterocycles. The van der Waals surface area contributed by atoms with Gasteiger partial charge in [-0.1, -0.05) is 44.8 Å². The molecule has 1 aliphatic carbocycles. The lowest BCUT2D eigenvalue weighted by atomic mass is 9.78. The van der Waals surface area contributed by atoms with Crippen LogP contribution in [0, 0.1) is 0 Å². The van der Waals surface area contributed by atoms with Crippen molar-refractivity contribution in [2.24, 2.45) is 0 Å². The number of hydrogen-bond acceptors (Lipinski definition) is 2. The zero-order chi connectivity index (χ0) is 15.1. The first-order chi connectivity index (χ1) is 10.2. The Bertz CT molecular complexity index is 448.